The van der Waals surface area contributed by atoms with Crippen LogP contribution in [0.4, 0.5) is 0 Å². The number of hydrogen-bond donors (Lipinski definition) is 1. The van der Waals surface area contributed by atoms with E-state index in [1.165, 1.54) is 0 Å². The van der Waals surface area contributed by atoms with E-state index < -0.39 is 10.8 Å². The molecule has 0 aromatic heterocycles. The first-order valence-corrected chi connectivity index (χ1v) is 5.10. The van der Waals surface area contributed by atoms with Gasteiger partial charge in [0.1, 0.15) is 0 Å². The molecule has 0 saturated carbocycles. The van der Waals surface area contributed by atoms with Crippen molar-refractivity contribution in [1.29, 1.82) is 0 Å². The average molecular weight is 162 g/mol. The van der Waals surface area contributed by atoms with Crippen molar-refractivity contribution in [1.82, 2.24) is 0 Å². The van der Waals surface area contributed by atoms with E-state index in [4.69, 9.17) is 5.11 Å². The first-order valence-electron chi connectivity index (χ1n) is 3.72. The predicted octanol–water partition coefficient (Wildman–Crippen LogP) is 0.526. The number of aliphatic hydroxyl groups excluding tert-OH is 1. The molecule has 2 nitrogen and oxygen atoms in total. The molecule has 0 amide bonds. The SMILES string of the molecule is CC1CC(CO)CCS1=O. The summed E-state index contributed by atoms with van der Waals surface area (Å²) < 4.78 is 11.1. The van der Waals surface area contributed by atoms with Crippen LogP contribution in [-0.2, 0) is 10.8 Å². The molecule has 10 heavy (non-hydrogen) atoms. The van der Waals surface area contributed by atoms with E-state index in [1.807, 2.05) is 6.92 Å². The summed E-state index contributed by atoms with van der Waals surface area (Å²) in [7, 11) is -0.618. The van der Waals surface area contributed by atoms with E-state index in [0.29, 0.717) is 11.2 Å². The third kappa shape index (κ3) is 1.80. The van der Waals surface area contributed by atoms with Gasteiger partial charge in [-0.1, -0.05) is 6.92 Å². The van der Waals surface area contributed by atoms with Crippen LogP contribution in [-0.4, -0.2) is 26.9 Å². The van der Waals surface area contributed by atoms with Gasteiger partial charge in [0.25, 0.3) is 0 Å². The molecule has 0 bridgehead atoms. The molecular formula is C7H14O2S. The smallest absolute Gasteiger partial charge is 0.0459 e. The summed E-state index contributed by atoms with van der Waals surface area (Å²) in [5.74, 6) is 1.19. The maximum Gasteiger partial charge on any atom is 0.0459 e. The minimum atomic E-state index is -0.618. The lowest BCUT2D eigenvalue weighted by Gasteiger charge is -2.24. The first kappa shape index (κ1) is 8.21. The van der Waals surface area contributed by atoms with Crippen molar-refractivity contribution in [3.8, 4) is 0 Å². The fraction of sp³-hybridized carbons (Fsp3) is 1.00. The minimum absolute atomic E-state index is 0.265. The van der Waals surface area contributed by atoms with Gasteiger partial charge in [0.05, 0.1) is 0 Å². The Balaban J connectivity index is 2.40. The lowest BCUT2D eigenvalue weighted by atomic mass is 10.0. The molecule has 3 unspecified atom stereocenters. The lowest BCUT2D eigenvalue weighted by Crippen LogP contribution is -2.27. The summed E-state index contributed by atoms with van der Waals surface area (Å²) in [4.78, 5) is 0. The molecule has 1 saturated heterocycles. The molecule has 1 heterocycles. The van der Waals surface area contributed by atoms with Gasteiger partial charge >= 0.3 is 0 Å². The molecule has 0 radical (unpaired) electrons. The molecule has 1 fully saturated rings. The van der Waals surface area contributed by atoms with Gasteiger partial charge < -0.3 is 5.11 Å². The summed E-state index contributed by atoms with van der Waals surface area (Å²) >= 11 is 0. The fourth-order valence-corrected chi connectivity index (χ4v) is 2.80. The molecule has 1 aliphatic heterocycles. The Morgan fingerprint density at radius 1 is 1.70 bits per heavy atom. The zero-order valence-corrected chi connectivity index (χ0v) is 7.06. The Kier molecular flexibility index (Phi) is 2.86. The van der Waals surface area contributed by atoms with Crippen molar-refractivity contribution in [3.63, 3.8) is 0 Å². The van der Waals surface area contributed by atoms with Gasteiger partial charge in [0.15, 0.2) is 0 Å². The molecule has 0 aromatic carbocycles. The molecule has 1 rings (SSSR count). The fourth-order valence-electron chi connectivity index (χ4n) is 1.34. The molecular weight excluding hydrogens is 148 g/mol. The average Bonchev–Trinajstić information content (AvgIpc) is 1.95. The van der Waals surface area contributed by atoms with Crippen molar-refractivity contribution in [2.45, 2.75) is 25.0 Å². The minimum Gasteiger partial charge on any atom is -0.396 e. The Labute approximate surface area is 64.1 Å². The quantitative estimate of drug-likeness (QED) is 0.610. The summed E-state index contributed by atoms with van der Waals surface area (Å²) in [5.41, 5.74) is 0. The Morgan fingerprint density at radius 2 is 2.40 bits per heavy atom. The molecule has 3 heteroatoms. The summed E-state index contributed by atoms with van der Waals surface area (Å²) in [6.07, 6.45) is 1.87. The van der Waals surface area contributed by atoms with Crippen molar-refractivity contribution in [2.24, 2.45) is 5.92 Å². The summed E-state index contributed by atoms with van der Waals surface area (Å²) in [6.45, 7) is 2.26. The monoisotopic (exact) mass is 162 g/mol. The van der Waals surface area contributed by atoms with Gasteiger partial charge in [-0.3, -0.25) is 4.21 Å². The van der Waals surface area contributed by atoms with E-state index in [9.17, 15) is 4.21 Å². The highest BCUT2D eigenvalue weighted by molar-refractivity contribution is 7.85. The third-order valence-electron chi connectivity index (χ3n) is 2.10. The van der Waals surface area contributed by atoms with E-state index in [-0.39, 0.29) is 6.61 Å². The lowest BCUT2D eigenvalue weighted by molar-refractivity contribution is 0.212. The molecule has 60 valence electrons. The van der Waals surface area contributed by atoms with Crippen LogP contribution in [0.3, 0.4) is 0 Å². The number of aliphatic hydroxyl groups is 1. The van der Waals surface area contributed by atoms with Crippen LogP contribution in [0.25, 0.3) is 0 Å². The van der Waals surface area contributed by atoms with Gasteiger partial charge in [-0.2, -0.15) is 0 Å². The zero-order chi connectivity index (χ0) is 7.56. The molecule has 1 N–H and O–H groups in total. The molecule has 3 atom stereocenters. The second-order valence-corrected chi connectivity index (χ2v) is 4.94. The van der Waals surface area contributed by atoms with E-state index in [0.717, 1.165) is 18.6 Å². The van der Waals surface area contributed by atoms with Crippen LogP contribution in [0.5, 0.6) is 0 Å². The van der Waals surface area contributed by atoms with Crippen LogP contribution >= 0.6 is 0 Å². The Hall–Kier alpha value is 0.110. The number of hydrogen-bond acceptors (Lipinski definition) is 2. The predicted molar refractivity (Wildman–Crippen MR) is 42.3 cm³/mol. The van der Waals surface area contributed by atoms with Crippen molar-refractivity contribution in [2.75, 3.05) is 12.4 Å². The van der Waals surface area contributed by atoms with E-state index >= 15 is 0 Å². The van der Waals surface area contributed by atoms with Gasteiger partial charge in [-0.05, 0) is 18.8 Å². The molecule has 0 aromatic rings. The second kappa shape index (κ2) is 3.49. The van der Waals surface area contributed by atoms with Crippen molar-refractivity contribution >= 4 is 10.8 Å². The van der Waals surface area contributed by atoms with Crippen LogP contribution < -0.4 is 0 Å². The van der Waals surface area contributed by atoms with Crippen LogP contribution in [0.15, 0.2) is 0 Å². The second-order valence-electron chi connectivity index (χ2n) is 2.97. The van der Waals surface area contributed by atoms with Gasteiger partial charge in [0, 0.05) is 28.4 Å². The molecule has 1 aliphatic rings. The van der Waals surface area contributed by atoms with Gasteiger partial charge in [-0.25, -0.2) is 0 Å². The topological polar surface area (TPSA) is 37.3 Å². The largest absolute Gasteiger partial charge is 0.396 e. The standard InChI is InChI=1S/C7H14O2S/c1-6-4-7(5-8)2-3-10(6)9/h6-8H,2-5H2,1H3. The Morgan fingerprint density at radius 3 is 2.90 bits per heavy atom. The third-order valence-corrected chi connectivity index (χ3v) is 3.83. The van der Waals surface area contributed by atoms with Crippen LogP contribution in [0.1, 0.15) is 19.8 Å². The van der Waals surface area contributed by atoms with Crippen LogP contribution in [0, 0.1) is 5.92 Å². The highest BCUT2D eigenvalue weighted by Gasteiger charge is 2.23. The maximum absolute atomic E-state index is 11.1. The first-order chi connectivity index (χ1) is 4.74. The normalized spacial score (nSPS) is 41.6. The number of rotatable bonds is 1. The summed E-state index contributed by atoms with van der Waals surface area (Å²) in [5, 5.41) is 9.09. The van der Waals surface area contributed by atoms with Gasteiger partial charge in [-0.15, -0.1) is 0 Å². The van der Waals surface area contributed by atoms with Crippen molar-refractivity contribution in [3.05, 3.63) is 0 Å². The molecule has 0 aliphatic carbocycles. The maximum atomic E-state index is 11.1. The highest BCUT2D eigenvalue weighted by atomic mass is 32.2. The highest BCUT2D eigenvalue weighted by Crippen LogP contribution is 2.21. The summed E-state index contributed by atoms with van der Waals surface area (Å²) in [6, 6.07) is 0. The van der Waals surface area contributed by atoms with Crippen LogP contribution in [0.2, 0.25) is 0 Å². The van der Waals surface area contributed by atoms with Gasteiger partial charge in [0.2, 0.25) is 0 Å². The van der Waals surface area contributed by atoms with E-state index in [2.05, 4.69) is 0 Å². The van der Waals surface area contributed by atoms with E-state index in [1.54, 1.807) is 0 Å². The zero-order valence-electron chi connectivity index (χ0n) is 6.25. The Bertz CT molecular complexity index is 136. The molecule has 0 spiro atoms. The van der Waals surface area contributed by atoms with Crippen molar-refractivity contribution < 1.29 is 9.32 Å².